The summed E-state index contributed by atoms with van der Waals surface area (Å²) in [7, 11) is 1.67. The summed E-state index contributed by atoms with van der Waals surface area (Å²) in [5.41, 5.74) is 7.45. The van der Waals surface area contributed by atoms with Gasteiger partial charge in [0.1, 0.15) is 10.8 Å². The van der Waals surface area contributed by atoms with Crippen LogP contribution < -0.4 is 10.5 Å². The van der Waals surface area contributed by atoms with E-state index in [1.807, 2.05) is 18.2 Å². The lowest BCUT2D eigenvalue weighted by Gasteiger charge is -2.30. The Morgan fingerprint density at radius 1 is 1.54 bits per heavy atom. The molecular formula is C17H20BrN3O2S. The molecule has 128 valence electrons. The van der Waals surface area contributed by atoms with Crippen LogP contribution in [0.25, 0.3) is 10.6 Å². The highest BCUT2D eigenvalue weighted by Gasteiger charge is 2.24. The number of piperidine rings is 1. The van der Waals surface area contributed by atoms with E-state index in [0.717, 1.165) is 59.0 Å². The van der Waals surface area contributed by atoms with Gasteiger partial charge in [-0.2, -0.15) is 0 Å². The zero-order chi connectivity index (χ0) is 17.1. The molecule has 2 heterocycles. The van der Waals surface area contributed by atoms with Crippen LogP contribution in [0.3, 0.4) is 0 Å². The lowest BCUT2D eigenvalue weighted by molar-refractivity contribution is -0.123. The Balaban J connectivity index is 1.74. The summed E-state index contributed by atoms with van der Waals surface area (Å²) in [6.07, 6.45) is 1.90. The van der Waals surface area contributed by atoms with Crippen molar-refractivity contribution in [2.45, 2.75) is 19.4 Å². The largest absolute Gasteiger partial charge is 0.496 e. The van der Waals surface area contributed by atoms with Crippen LogP contribution in [-0.4, -0.2) is 36.0 Å². The number of hydrogen-bond acceptors (Lipinski definition) is 5. The Bertz CT molecular complexity index is 734. The van der Waals surface area contributed by atoms with Gasteiger partial charge in [-0.3, -0.25) is 9.69 Å². The molecule has 3 rings (SSSR count). The van der Waals surface area contributed by atoms with E-state index in [1.54, 1.807) is 18.4 Å². The van der Waals surface area contributed by atoms with Gasteiger partial charge in [-0.15, -0.1) is 11.3 Å². The fourth-order valence-electron chi connectivity index (χ4n) is 3.01. The molecule has 1 amide bonds. The van der Waals surface area contributed by atoms with E-state index < -0.39 is 0 Å². The molecule has 5 nitrogen and oxygen atoms in total. The number of amides is 1. The lowest BCUT2D eigenvalue weighted by atomic mass is 9.97. The molecule has 1 aliphatic heterocycles. The van der Waals surface area contributed by atoms with E-state index in [0.29, 0.717) is 0 Å². The quantitative estimate of drug-likeness (QED) is 0.822. The van der Waals surface area contributed by atoms with Crippen LogP contribution >= 0.6 is 27.3 Å². The Kier molecular flexibility index (Phi) is 5.53. The second-order valence-corrected chi connectivity index (χ2v) is 7.74. The number of benzene rings is 1. The molecule has 1 saturated heterocycles. The van der Waals surface area contributed by atoms with Crippen LogP contribution in [0.15, 0.2) is 28.1 Å². The third-order valence-electron chi connectivity index (χ3n) is 4.24. The number of methoxy groups -OCH3 is 1. The van der Waals surface area contributed by atoms with Crippen LogP contribution in [0.1, 0.15) is 18.5 Å². The first-order valence-electron chi connectivity index (χ1n) is 7.87. The molecule has 0 aliphatic carbocycles. The highest BCUT2D eigenvalue weighted by molar-refractivity contribution is 9.10. The lowest BCUT2D eigenvalue weighted by Crippen LogP contribution is -2.40. The molecule has 1 aliphatic rings. The van der Waals surface area contributed by atoms with Crippen molar-refractivity contribution >= 4 is 33.2 Å². The SMILES string of the molecule is COc1ccc(Br)cc1-c1nc(CN2CCC[C@H](C(N)=O)C2)cs1. The van der Waals surface area contributed by atoms with Crippen molar-refractivity contribution in [1.29, 1.82) is 0 Å². The van der Waals surface area contributed by atoms with Crippen LogP contribution in [0.2, 0.25) is 0 Å². The van der Waals surface area contributed by atoms with Gasteiger partial charge in [0.05, 0.1) is 24.3 Å². The molecule has 1 aromatic heterocycles. The third kappa shape index (κ3) is 3.96. The molecule has 1 aromatic carbocycles. The molecule has 2 aromatic rings. The number of nitrogens with two attached hydrogens (primary N) is 1. The number of ether oxygens (including phenoxy) is 1. The summed E-state index contributed by atoms with van der Waals surface area (Å²) in [6.45, 7) is 2.45. The number of halogens is 1. The minimum atomic E-state index is -0.197. The minimum Gasteiger partial charge on any atom is -0.496 e. The number of likely N-dealkylation sites (tertiary alicyclic amines) is 1. The molecule has 1 fully saturated rings. The van der Waals surface area contributed by atoms with Crippen molar-refractivity contribution in [3.8, 4) is 16.3 Å². The number of carbonyl (C=O) groups excluding carboxylic acids is 1. The first-order valence-corrected chi connectivity index (χ1v) is 9.54. The summed E-state index contributed by atoms with van der Waals surface area (Å²) in [6, 6.07) is 5.91. The number of carbonyl (C=O) groups is 1. The van der Waals surface area contributed by atoms with Crippen LogP contribution in [-0.2, 0) is 11.3 Å². The Morgan fingerprint density at radius 3 is 3.12 bits per heavy atom. The first kappa shape index (κ1) is 17.4. The smallest absolute Gasteiger partial charge is 0.221 e. The number of thiazole rings is 1. The van der Waals surface area contributed by atoms with Gasteiger partial charge in [-0.05, 0) is 37.6 Å². The Labute approximate surface area is 154 Å². The van der Waals surface area contributed by atoms with Crippen LogP contribution in [0.4, 0.5) is 0 Å². The first-order chi connectivity index (χ1) is 11.6. The molecule has 2 N–H and O–H groups in total. The zero-order valence-electron chi connectivity index (χ0n) is 13.5. The van der Waals surface area contributed by atoms with E-state index >= 15 is 0 Å². The summed E-state index contributed by atoms with van der Waals surface area (Å²) in [5.74, 6) is 0.574. The average Bonchev–Trinajstić information content (AvgIpc) is 3.03. The third-order valence-corrected chi connectivity index (χ3v) is 5.65. The predicted molar refractivity (Wildman–Crippen MR) is 99.0 cm³/mol. The average molecular weight is 410 g/mol. The van der Waals surface area contributed by atoms with Gasteiger partial charge in [0, 0.05) is 22.9 Å². The van der Waals surface area contributed by atoms with Gasteiger partial charge < -0.3 is 10.5 Å². The van der Waals surface area contributed by atoms with E-state index in [4.69, 9.17) is 15.5 Å². The number of hydrogen-bond donors (Lipinski definition) is 1. The van der Waals surface area contributed by atoms with E-state index in [1.165, 1.54) is 0 Å². The standard InChI is InChI=1S/C17H20BrN3O2S/c1-23-15-5-4-12(18)7-14(15)17-20-13(10-24-17)9-21-6-2-3-11(8-21)16(19)22/h4-5,7,10-11H,2-3,6,8-9H2,1H3,(H2,19,22)/t11-/m0/s1. The van der Waals surface area contributed by atoms with Crippen molar-refractivity contribution in [3.63, 3.8) is 0 Å². The van der Waals surface area contributed by atoms with Crippen LogP contribution in [0, 0.1) is 5.92 Å². The second-order valence-electron chi connectivity index (χ2n) is 5.97. The van der Waals surface area contributed by atoms with Crippen molar-refractivity contribution in [2.75, 3.05) is 20.2 Å². The predicted octanol–water partition coefficient (Wildman–Crippen LogP) is 3.28. The second kappa shape index (κ2) is 7.63. The number of aromatic nitrogens is 1. The van der Waals surface area contributed by atoms with Crippen molar-refractivity contribution in [2.24, 2.45) is 11.7 Å². The summed E-state index contributed by atoms with van der Waals surface area (Å²) in [4.78, 5) is 18.4. The fraction of sp³-hybridized carbons (Fsp3) is 0.412. The molecule has 0 bridgehead atoms. The Hall–Kier alpha value is -1.44. The normalized spacial score (nSPS) is 18.5. The van der Waals surface area contributed by atoms with Gasteiger partial charge in [-0.1, -0.05) is 15.9 Å². The summed E-state index contributed by atoms with van der Waals surface area (Å²) in [5, 5.41) is 3.01. The number of rotatable bonds is 5. The van der Waals surface area contributed by atoms with E-state index in [2.05, 4.69) is 26.2 Å². The van der Waals surface area contributed by atoms with Crippen molar-refractivity contribution in [3.05, 3.63) is 33.7 Å². The maximum Gasteiger partial charge on any atom is 0.221 e. The van der Waals surface area contributed by atoms with E-state index in [9.17, 15) is 4.79 Å². The zero-order valence-corrected chi connectivity index (χ0v) is 15.9. The summed E-state index contributed by atoms with van der Waals surface area (Å²) < 4.78 is 6.43. The highest BCUT2D eigenvalue weighted by Crippen LogP contribution is 2.34. The minimum absolute atomic E-state index is 0.0398. The van der Waals surface area contributed by atoms with Crippen LogP contribution in [0.5, 0.6) is 5.75 Å². The molecule has 0 spiro atoms. The van der Waals surface area contributed by atoms with Gasteiger partial charge in [0.15, 0.2) is 0 Å². The maximum absolute atomic E-state index is 11.4. The highest BCUT2D eigenvalue weighted by atomic mass is 79.9. The fourth-order valence-corrected chi connectivity index (χ4v) is 4.20. The van der Waals surface area contributed by atoms with Gasteiger partial charge >= 0.3 is 0 Å². The molecule has 0 radical (unpaired) electrons. The monoisotopic (exact) mass is 409 g/mol. The van der Waals surface area contributed by atoms with Crippen molar-refractivity contribution < 1.29 is 9.53 Å². The summed E-state index contributed by atoms with van der Waals surface area (Å²) >= 11 is 5.10. The Morgan fingerprint density at radius 2 is 2.38 bits per heavy atom. The van der Waals surface area contributed by atoms with E-state index in [-0.39, 0.29) is 11.8 Å². The van der Waals surface area contributed by atoms with Crippen molar-refractivity contribution in [1.82, 2.24) is 9.88 Å². The molecule has 7 heteroatoms. The molecule has 1 atom stereocenters. The molecule has 0 unspecified atom stereocenters. The molecule has 24 heavy (non-hydrogen) atoms. The van der Waals surface area contributed by atoms with Gasteiger partial charge in [0.2, 0.25) is 5.91 Å². The molecular weight excluding hydrogens is 390 g/mol. The topological polar surface area (TPSA) is 68.4 Å². The van der Waals surface area contributed by atoms with Gasteiger partial charge in [0.25, 0.3) is 0 Å². The van der Waals surface area contributed by atoms with Gasteiger partial charge in [-0.25, -0.2) is 4.98 Å². The number of nitrogens with zero attached hydrogens (tertiary/aromatic N) is 2. The maximum atomic E-state index is 11.4. The molecule has 0 saturated carbocycles. The number of primary amides is 1.